The van der Waals surface area contributed by atoms with Crippen LogP contribution in [0.3, 0.4) is 0 Å². The number of hydrogen-bond acceptors (Lipinski definition) is 3. The average Bonchev–Trinajstić information content (AvgIpc) is 1.84. The molecule has 0 fully saturated rings. The first-order valence-electron chi connectivity index (χ1n) is 2.87. The Balaban J connectivity index is 3.43. The van der Waals surface area contributed by atoms with E-state index in [1.165, 1.54) is 0 Å². The largest absolute Gasteiger partial charge is 0.427 e. The standard InChI is InChI=1S/C6H8N2OS/c1-4-3-8(9)5(2)7-6(4)10/h3,9H,1-2H3. The fourth-order valence-corrected chi connectivity index (χ4v) is 0.803. The maximum atomic E-state index is 9.03. The van der Waals surface area contributed by atoms with Gasteiger partial charge in [0.15, 0.2) is 0 Å². The van der Waals surface area contributed by atoms with Crippen LogP contribution < -0.4 is 0 Å². The average molecular weight is 156 g/mol. The van der Waals surface area contributed by atoms with E-state index < -0.39 is 0 Å². The van der Waals surface area contributed by atoms with E-state index in [0.29, 0.717) is 10.5 Å². The quantitative estimate of drug-likeness (QED) is 0.456. The van der Waals surface area contributed by atoms with Crippen LogP contribution in [-0.2, 0) is 0 Å². The zero-order valence-corrected chi connectivity index (χ0v) is 6.64. The molecular formula is C6H8N2OS. The van der Waals surface area contributed by atoms with Gasteiger partial charge in [0.05, 0.1) is 6.20 Å². The highest BCUT2D eigenvalue weighted by Crippen LogP contribution is 1.98. The van der Waals surface area contributed by atoms with Crippen LogP contribution in [0.2, 0.25) is 0 Å². The Morgan fingerprint density at radius 1 is 1.60 bits per heavy atom. The van der Waals surface area contributed by atoms with E-state index in [2.05, 4.69) is 4.98 Å². The third-order valence-electron chi connectivity index (χ3n) is 1.25. The molecule has 1 aromatic heterocycles. The number of aromatic nitrogens is 2. The maximum Gasteiger partial charge on any atom is 0.143 e. The van der Waals surface area contributed by atoms with E-state index in [-0.39, 0.29) is 0 Å². The molecule has 3 nitrogen and oxygen atoms in total. The molecule has 0 bridgehead atoms. The smallest absolute Gasteiger partial charge is 0.143 e. The van der Waals surface area contributed by atoms with Gasteiger partial charge in [0.25, 0.3) is 0 Å². The number of nitrogens with zero attached hydrogens (tertiary/aromatic N) is 2. The molecule has 0 saturated heterocycles. The molecule has 0 unspecified atom stereocenters. The zero-order chi connectivity index (χ0) is 7.72. The van der Waals surface area contributed by atoms with Gasteiger partial charge >= 0.3 is 0 Å². The molecule has 0 amide bonds. The second-order valence-electron chi connectivity index (χ2n) is 2.12. The minimum atomic E-state index is 0.510. The van der Waals surface area contributed by atoms with Crippen LogP contribution >= 0.6 is 12.2 Å². The number of hydrogen-bond donors (Lipinski definition) is 1. The second kappa shape index (κ2) is 2.38. The summed E-state index contributed by atoms with van der Waals surface area (Å²) >= 11 is 4.86. The van der Waals surface area contributed by atoms with Gasteiger partial charge in [-0.05, 0) is 13.8 Å². The van der Waals surface area contributed by atoms with Crippen molar-refractivity contribution < 1.29 is 5.21 Å². The van der Waals surface area contributed by atoms with Crippen LogP contribution in [0.4, 0.5) is 0 Å². The molecular weight excluding hydrogens is 148 g/mol. The van der Waals surface area contributed by atoms with Crippen LogP contribution in [0.5, 0.6) is 0 Å². The van der Waals surface area contributed by atoms with Crippen LogP contribution in [-0.4, -0.2) is 14.9 Å². The van der Waals surface area contributed by atoms with E-state index in [1.807, 2.05) is 6.92 Å². The highest BCUT2D eigenvalue weighted by Gasteiger charge is 1.94. The third-order valence-corrected chi connectivity index (χ3v) is 1.66. The molecule has 1 heterocycles. The lowest BCUT2D eigenvalue weighted by Crippen LogP contribution is -2.01. The molecule has 4 heteroatoms. The summed E-state index contributed by atoms with van der Waals surface area (Å²) in [4.78, 5) is 3.90. The van der Waals surface area contributed by atoms with Gasteiger partial charge in [0.2, 0.25) is 0 Å². The Kier molecular flexibility index (Phi) is 1.72. The molecule has 0 atom stereocenters. The van der Waals surface area contributed by atoms with Gasteiger partial charge in [-0.15, -0.1) is 0 Å². The summed E-state index contributed by atoms with van der Waals surface area (Å²) < 4.78 is 1.51. The monoisotopic (exact) mass is 156 g/mol. The Morgan fingerprint density at radius 3 is 2.70 bits per heavy atom. The summed E-state index contributed by atoms with van der Waals surface area (Å²) in [6.07, 6.45) is 1.55. The predicted molar refractivity (Wildman–Crippen MR) is 39.7 cm³/mol. The molecule has 1 rings (SSSR count). The van der Waals surface area contributed by atoms with Gasteiger partial charge in [0, 0.05) is 5.56 Å². The fourth-order valence-electron chi connectivity index (χ4n) is 0.618. The minimum absolute atomic E-state index is 0.510. The highest BCUT2D eigenvalue weighted by molar-refractivity contribution is 7.71. The molecule has 0 aliphatic carbocycles. The van der Waals surface area contributed by atoms with Crippen LogP contribution in [0.15, 0.2) is 6.20 Å². The third kappa shape index (κ3) is 1.16. The molecule has 1 aromatic rings. The lowest BCUT2D eigenvalue weighted by atomic mass is 10.4. The van der Waals surface area contributed by atoms with Crippen molar-refractivity contribution in [3.05, 3.63) is 22.2 Å². The van der Waals surface area contributed by atoms with Crippen molar-refractivity contribution in [2.24, 2.45) is 0 Å². The first-order valence-corrected chi connectivity index (χ1v) is 3.28. The number of rotatable bonds is 0. The Hall–Kier alpha value is -0.900. The van der Waals surface area contributed by atoms with Gasteiger partial charge in [0.1, 0.15) is 10.5 Å². The van der Waals surface area contributed by atoms with Crippen molar-refractivity contribution in [2.45, 2.75) is 13.8 Å². The van der Waals surface area contributed by atoms with Crippen molar-refractivity contribution in [3.63, 3.8) is 0 Å². The molecule has 0 radical (unpaired) electrons. The van der Waals surface area contributed by atoms with E-state index in [4.69, 9.17) is 17.4 Å². The van der Waals surface area contributed by atoms with Crippen LogP contribution in [0, 0.1) is 18.5 Å². The van der Waals surface area contributed by atoms with E-state index in [1.54, 1.807) is 13.1 Å². The number of aryl methyl sites for hydroxylation is 2. The van der Waals surface area contributed by atoms with E-state index in [0.717, 1.165) is 10.3 Å². The normalized spacial score (nSPS) is 9.80. The molecule has 0 aromatic carbocycles. The van der Waals surface area contributed by atoms with Crippen LogP contribution in [0.25, 0.3) is 0 Å². The van der Waals surface area contributed by atoms with Crippen molar-refractivity contribution in [3.8, 4) is 0 Å². The molecule has 0 aliphatic heterocycles. The fraction of sp³-hybridized carbons (Fsp3) is 0.333. The summed E-state index contributed by atoms with van der Waals surface area (Å²) in [5.74, 6) is 0.510. The first kappa shape index (κ1) is 7.21. The zero-order valence-electron chi connectivity index (χ0n) is 5.83. The van der Waals surface area contributed by atoms with Gasteiger partial charge in [-0.25, -0.2) is 4.98 Å². The summed E-state index contributed by atoms with van der Waals surface area (Å²) in [6.45, 7) is 3.50. The summed E-state index contributed by atoms with van der Waals surface area (Å²) in [7, 11) is 0. The molecule has 0 saturated carbocycles. The first-order chi connectivity index (χ1) is 4.61. The molecule has 1 N–H and O–H groups in total. The van der Waals surface area contributed by atoms with Crippen molar-refractivity contribution in [1.82, 2.24) is 9.71 Å². The Bertz CT molecular complexity index is 305. The maximum absolute atomic E-state index is 9.03. The lowest BCUT2D eigenvalue weighted by Gasteiger charge is -2.00. The molecule has 10 heavy (non-hydrogen) atoms. The van der Waals surface area contributed by atoms with Crippen LogP contribution in [0.1, 0.15) is 11.4 Å². The van der Waals surface area contributed by atoms with Gasteiger partial charge in [-0.2, -0.15) is 4.73 Å². The highest BCUT2D eigenvalue weighted by atomic mass is 32.1. The second-order valence-corrected chi connectivity index (χ2v) is 2.51. The molecule has 54 valence electrons. The van der Waals surface area contributed by atoms with Gasteiger partial charge in [-0.3, -0.25) is 0 Å². The summed E-state index contributed by atoms with van der Waals surface area (Å²) in [5, 5.41) is 9.03. The van der Waals surface area contributed by atoms with Gasteiger partial charge < -0.3 is 5.21 Å². The van der Waals surface area contributed by atoms with Crippen molar-refractivity contribution in [1.29, 1.82) is 0 Å². The van der Waals surface area contributed by atoms with Crippen molar-refractivity contribution in [2.75, 3.05) is 0 Å². The molecule has 0 aliphatic rings. The summed E-state index contributed by atoms with van der Waals surface area (Å²) in [5.41, 5.74) is 0.808. The van der Waals surface area contributed by atoms with E-state index in [9.17, 15) is 0 Å². The predicted octanol–water partition coefficient (Wildman–Crippen LogP) is 1.47. The Labute approximate surface area is 63.9 Å². The van der Waals surface area contributed by atoms with Gasteiger partial charge in [-0.1, -0.05) is 12.2 Å². The lowest BCUT2D eigenvalue weighted by molar-refractivity contribution is 0.172. The minimum Gasteiger partial charge on any atom is -0.427 e. The Morgan fingerprint density at radius 2 is 2.20 bits per heavy atom. The SMILES string of the molecule is Cc1cn(O)c(C)nc1=S. The van der Waals surface area contributed by atoms with E-state index >= 15 is 0 Å². The topological polar surface area (TPSA) is 38.0 Å². The van der Waals surface area contributed by atoms with Crippen molar-refractivity contribution >= 4 is 12.2 Å². The summed E-state index contributed by atoms with van der Waals surface area (Å²) in [6, 6.07) is 0. The molecule has 0 spiro atoms.